The van der Waals surface area contributed by atoms with Crippen LogP contribution >= 0.6 is 27.5 Å². The van der Waals surface area contributed by atoms with Crippen molar-refractivity contribution in [1.82, 2.24) is 19.6 Å². The number of piperidine rings is 1. The number of benzene rings is 2. The third-order valence-electron chi connectivity index (χ3n) is 8.04. The van der Waals surface area contributed by atoms with Gasteiger partial charge in [0.25, 0.3) is 0 Å². The number of carbonyl (C=O) groups excluding carboxylic acids is 2. The number of hydrogen-bond acceptors (Lipinski definition) is 6. The zero-order valence-electron chi connectivity index (χ0n) is 24.9. The number of imidazole rings is 1. The molecule has 2 aliphatic rings. The lowest BCUT2D eigenvalue weighted by molar-refractivity contribution is -0.122. The fraction of sp³-hybridized carbons (Fsp3) is 0.452. The Kier molecular flexibility index (Phi) is 9.28. The van der Waals surface area contributed by atoms with Crippen LogP contribution in [0.3, 0.4) is 0 Å². The molecule has 3 heterocycles. The van der Waals surface area contributed by atoms with Gasteiger partial charge in [-0.3, -0.25) is 4.79 Å². The van der Waals surface area contributed by atoms with Gasteiger partial charge in [-0.25, -0.2) is 22.6 Å². The van der Waals surface area contributed by atoms with Crippen LogP contribution in [-0.4, -0.2) is 58.3 Å². The molecule has 3 aromatic rings. The van der Waals surface area contributed by atoms with Crippen LogP contribution in [0.4, 0.5) is 9.18 Å². The Hall–Kier alpha value is -2.80. The highest BCUT2D eigenvalue weighted by molar-refractivity contribution is 9.10. The molecule has 0 radical (unpaired) electrons. The highest BCUT2D eigenvalue weighted by atomic mass is 79.9. The molecule has 2 bridgehead atoms. The molecular formula is C31H35BrClFN4O5S. The van der Waals surface area contributed by atoms with Gasteiger partial charge in [0.05, 0.1) is 27.4 Å². The molecule has 2 saturated heterocycles. The maximum atomic E-state index is 14.1. The monoisotopic (exact) mass is 708 g/mol. The Morgan fingerprint density at radius 1 is 1.16 bits per heavy atom. The van der Waals surface area contributed by atoms with Gasteiger partial charge in [0, 0.05) is 29.6 Å². The Labute approximate surface area is 270 Å². The Balaban J connectivity index is 1.29. The molecule has 2 fully saturated rings. The summed E-state index contributed by atoms with van der Waals surface area (Å²) >= 11 is 9.63. The van der Waals surface area contributed by atoms with Crippen molar-refractivity contribution in [2.45, 2.75) is 88.4 Å². The van der Waals surface area contributed by atoms with Crippen LogP contribution in [0.15, 0.2) is 52.0 Å². The first-order valence-corrected chi connectivity index (χ1v) is 17.1. The molecule has 2 unspecified atom stereocenters. The molecular weight excluding hydrogens is 675 g/mol. The molecule has 9 nitrogen and oxygen atoms in total. The average Bonchev–Trinajstić information content (AvgIpc) is 3.53. The van der Waals surface area contributed by atoms with E-state index in [1.165, 1.54) is 18.2 Å². The fourth-order valence-corrected chi connectivity index (χ4v) is 8.71. The number of halogens is 3. The van der Waals surface area contributed by atoms with Gasteiger partial charge in [-0.05, 0) is 106 Å². The number of H-pyrrole nitrogens is 1. The molecule has 236 valence electrons. The number of ether oxygens (including phenoxy) is 1. The van der Waals surface area contributed by atoms with E-state index in [2.05, 4.69) is 31.2 Å². The van der Waals surface area contributed by atoms with Crippen molar-refractivity contribution >= 4 is 49.4 Å². The zero-order valence-corrected chi connectivity index (χ0v) is 28.0. The number of fused-ring (bicyclic) bond motifs is 2. The van der Waals surface area contributed by atoms with Gasteiger partial charge in [0.1, 0.15) is 22.1 Å². The summed E-state index contributed by atoms with van der Waals surface area (Å²) in [4.78, 5) is 32.6. The molecule has 0 aliphatic carbocycles. The number of ketones is 1. The van der Waals surface area contributed by atoms with Gasteiger partial charge in [0.2, 0.25) is 10.0 Å². The molecule has 2 N–H and O–H groups in total. The van der Waals surface area contributed by atoms with E-state index in [4.69, 9.17) is 16.3 Å². The number of aromatic nitrogens is 2. The van der Waals surface area contributed by atoms with Gasteiger partial charge in [-0.15, -0.1) is 0 Å². The second-order valence-corrected chi connectivity index (χ2v) is 15.6. The first-order valence-electron chi connectivity index (χ1n) is 14.5. The van der Waals surface area contributed by atoms with Gasteiger partial charge in [0.15, 0.2) is 5.78 Å². The normalized spacial score (nSPS) is 21.2. The van der Waals surface area contributed by atoms with Gasteiger partial charge < -0.3 is 15.0 Å². The quantitative estimate of drug-likeness (QED) is 0.257. The first-order chi connectivity index (χ1) is 20.6. The van der Waals surface area contributed by atoms with Crippen LogP contribution in [0.1, 0.15) is 59.8 Å². The number of sulfonamides is 1. The number of Topliss-reactive ketones (excluding diaryl/α,β-unsaturated/α-hetero) is 1. The predicted octanol–water partition coefficient (Wildman–Crippen LogP) is 7.10. The third-order valence-corrected chi connectivity index (χ3v) is 11.2. The van der Waals surface area contributed by atoms with E-state index in [0.717, 1.165) is 0 Å². The van der Waals surface area contributed by atoms with Crippen molar-refractivity contribution in [2.24, 2.45) is 5.92 Å². The van der Waals surface area contributed by atoms with Crippen molar-refractivity contribution in [1.29, 1.82) is 0 Å². The molecule has 2 aliphatic heterocycles. The third kappa shape index (κ3) is 7.03. The van der Waals surface area contributed by atoms with E-state index in [1.54, 1.807) is 56.4 Å². The van der Waals surface area contributed by atoms with E-state index < -0.39 is 33.6 Å². The summed E-state index contributed by atoms with van der Waals surface area (Å²) in [6.07, 6.45) is 3.65. The number of aromatic amines is 1. The number of nitrogens with one attached hydrogen (secondary N) is 2. The highest BCUT2D eigenvalue weighted by Crippen LogP contribution is 2.44. The van der Waals surface area contributed by atoms with Gasteiger partial charge in [-0.2, -0.15) is 4.31 Å². The summed E-state index contributed by atoms with van der Waals surface area (Å²) in [7, 11) is -3.97. The summed E-state index contributed by atoms with van der Waals surface area (Å²) in [6.45, 7) is 6.89. The first kappa shape index (κ1) is 32.6. The summed E-state index contributed by atoms with van der Waals surface area (Å²) in [6, 6.07) is 8.24. The van der Waals surface area contributed by atoms with Crippen molar-refractivity contribution in [3.05, 3.63) is 57.9 Å². The van der Waals surface area contributed by atoms with Gasteiger partial charge in [-0.1, -0.05) is 17.7 Å². The van der Waals surface area contributed by atoms with Crippen molar-refractivity contribution < 1.29 is 27.1 Å². The highest BCUT2D eigenvalue weighted by Gasteiger charge is 2.48. The van der Waals surface area contributed by atoms with Crippen LogP contribution in [0.5, 0.6) is 0 Å². The predicted molar refractivity (Wildman–Crippen MR) is 169 cm³/mol. The average molecular weight is 710 g/mol. The number of nitrogens with zero attached hydrogens (tertiary/aromatic N) is 2. The van der Waals surface area contributed by atoms with E-state index in [9.17, 15) is 22.4 Å². The second-order valence-electron chi connectivity index (χ2n) is 12.5. The van der Waals surface area contributed by atoms with Crippen molar-refractivity contribution in [2.75, 3.05) is 0 Å². The summed E-state index contributed by atoms with van der Waals surface area (Å²) in [5, 5.41) is 2.71. The number of amides is 1. The molecule has 0 spiro atoms. The lowest BCUT2D eigenvalue weighted by Crippen LogP contribution is -2.47. The topological polar surface area (TPSA) is 121 Å². The van der Waals surface area contributed by atoms with Gasteiger partial charge >= 0.3 is 6.09 Å². The van der Waals surface area contributed by atoms with Crippen molar-refractivity contribution in [3.8, 4) is 22.6 Å². The Bertz CT molecular complexity index is 1680. The minimum Gasteiger partial charge on any atom is -0.444 e. The largest absolute Gasteiger partial charge is 0.444 e. The number of carbonyl (C=O) groups is 2. The molecule has 13 heteroatoms. The summed E-state index contributed by atoms with van der Waals surface area (Å²) in [5.74, 6) is -0.101. The summed E-state index contributed by atoms with van der Waals surface area (Å²) in [5.41, 5.74) is 1.03. The molecule has 4 atom stereocenters. The number of rotatable bonds is 8. The minimum absolute atomic E-state index is 0.00105. The summed E-state index contributed by atoms with van der Waals surface area (Å²) < 4.78 is 49.4. The van der Waals surface area contributed by atoms with E-state index >= 15 is 0 Å². The zero-order chi connectivity index (χ0) is 32.0. The standard InChI is InChI=1S/C31H35BrClFN4O5S/c1-17(36-30(40)43-31(2,3)4)27(39)13-18-11-21-7-8-22(12-18)38(21)44(41,42)28-15-20(6-10-24(28)33)29-35-16-26(37-29)19-5-9-23(32)25(34)14-19/h5-6,9-10,14-18,21-22H,7-8,11-13H2,1-4H3,(H,35,37)(H,36,40)/t17-,18?,21+,22?/m0/s1. The van der Waals surface area contributed by atoms with E-state index in [-0.39, 0.29) is 40.1 Å². The van der Waals surface area contributed by atoms with Crippen LogP contribution in [0.2, 0.25) is 5.02 Å². The Morgan fingerprint density at radius 2 is 1.82 bits per heavy atom. The number of hydrogen-bond donors (Lipinski definition) is 2. The van der Waals surface area contributed by atoms with Crippen LogP contribution in [0, 0.1) is 11.7 Å². The van der Waals surface area contributed by atoms with Crippen LogP contribution in [0.25, 0.3) is 22.6 Å². The smallest absolute Gasteiger partial charge is 0.408 e. The molecule has 1 amide bonds. The fourth-order valence-electron chi connectivity index (χ4n) is 6.07. The lowest BCUT2D eigenvalue weighted by Gasteiger charge is -2.38. The second kappa shape index (κ2) is 12.5. The molecule has 2 aromatic carbocycles. The Morgan fingerprint density at radius 3 is 2.45 bits per heavy atom. The van der Waals surface area contributed by atoms with Crippen molar-refractivity contribution in [3.63, 3.8) is 0 Å². The lowest BCUT2D eigenvalue weighted by atomic mass is 9.87. The maximum Gasteiger partial charge on any atom is 0.408 e. The molecule has 5 rings (SSSR count). The minimum atomic E-state index is -3.97. The van der Waals surface area contributed by atoms with Crippen LogP contribution in [-0.2, 0) is 19.6 Å². The maximum absolute atomic E-state index is 14.1. The molecule has 44 heavy (non-hydrogen) atoms. The molecule has 1 aromatic heterocycles. The molecule has 0 saturated carbocycles. The van der Waals surface area contributed by atoms with E-state index in [1.807, 2.05) is 0 Å². The van der Waals surface area contributed by atoms with Crippen LogP contribution < -0.4 is 5.32 Å². The number of alkyl carbamates (subject to hydrolysis) is 1. The van der Waals surface area contributed by atoms with E-state index in [0.29, 0.717) is 52.8 Å². The SMILES string of the molecule is C[C@H](NC(=O)OC(C)(C)C)C(=O)CC1CC2CC[C@H](C1)N2S(=O)(=O)c1cc(-c2ncc(-c3ccc(Br)c(F)c3)[nH]2)ccc1Cl.